The van der Waals surface area contributed by atoms with Gasteiger partial charge in [-0.1, -0.05) is 25.1 Å². The van der Waals surface area contributed by atoms with Crippen LogP contribution in [0.1, 0.15) is 56.8 Å². The van der Waals surface area contributed by atoms with Crippen LogP contribution in [0.3, 0.4) is 0 Å². The molecule has 1 atom stereocenters. The number of Topliss-reactive ketones (excluding diaryl/α,β-unsaturated/α-hetero) is 1. The number of ketones is 1. The maximum atomic E-state index is 12.5. The predicted molar refractivity (Wildman–Crippen MR) is 103 cm³/mol. The SMILES string of the molecule is CCS(=O)c1ccccc1C(=O)OCc1c(C)cc(C)c(C(C)=O)c1C. The van der Waals surface area contributed by atoms with Crippen LogP contribution in [0.25, 0.3) is 0 Å². The third-order valence-corrected chi connectivity index (χ3v) is 5.82. The molecule has 0 bridgehead atoms. The molecule has 0 aliphatic heterocycles. The Morgan fingerprint density at radius 1 is 1.08 bits per heavy atom. The van der Waals surface area contributed by atoms with Crippen LogP contribution in [-0.2, 0) is 22.1 Å². The van der Waals surface area contributed by atoms with Crippen molar-refractivity contribution in [2.24, 2.45) is 0 Å². The maximum Gasteiger partial charge on any atom is 0.339 e. The first kappa shape index (κ1) is 20.0. The number of esters is 1. The van der Waals surface area contributed by atoms with Crippen LogP contribution in [0.5, 0.6) is 0 Å². The van der Waals surface area contributed by atoms with Gasteiger partial charge in [0.15, 0.2) is 5.78 Å². The Bertz CT molecular complexity index is 884. The molecule has 0 aromatic heterocycles. The summed E-state index contributed by atoms with van der Waals surface area (Å²) in [5, 5.41) is 0. The van der Waals surface area contributed by atoms with E-state index in [0.29, 0.717) is 21.8 Å². The molecule has 0 amide bonds. The Morgan fingerprint density at radius 2 is 1.73 bits per heavy atom. The number of hydrogen-bond donors (Lipinski definition) is 0. The van der Waals surface area contributed by atoms with Crippen molar-refractivity contribution in [1.29, 1.82) is 0 Å². The quantitative estimate of drug-likeness (QED) is 0.560. The molecule has 0 N–H and O–H groups in total. The number of aryl methyl sites for hydroxylation is 2. The molecule has 26 heavy (non-hydrogen) atoms. The predicted octanol–water partition coefficient (Wildman–Crippen LogP) is 4.30. The summed E-state index contributed by atoms with van der Waals surface area (Å²) in [6, 6.07) is 8.73. The summed E-state index contributed by atoms with van der Waals surface area (Å²) in [7, 11) is -1.24. The molecule has 0 heterocycles. The molecule has 0 aliphatic rings. The van der Waals surface area contributed by atoms with Crippen molar-refractivity contribution in [3.8, 4) is 0 Å². The number of ether oxygens (including phenoxy) is 1. The van der Waals surface area contributed by atoms with Gasteiger partial charge in [0, 0.05) is 11.3 Å². The lowest BCUT2D eigenvalue weighted by Crippen LogP contribution is -2.12. The average molecular weight is 372 g/mol. The van der Waals surface area contributed by atoms with Gasteiger partial charge in [0.2, 0.25) is 0 Å². The number of rotatable bonds is 6. The van der Waals surface area contributed by atoms with Gasteiger partial charge in [-0.15, -0.1) is 0 Å². The van der Waals surface area contributed by atoms with Gasteiger partial charge in [-0.3, -0.25) is 9.00 Å². The topological polar surface area (TPSA) is 60.4 Å². The second-order valence-electron chi connectivity index (χ2n) is 6.25. The summed E-state index contributed by atoms with van der Waals surface area (Å²) in [5.41, 5.74) is 4.57. The Morgan fingerprint density at radius 3 is 2.35 bits per heavy atom. The van der Waals surface area contributed by atoms with Crippen molar-refractivity contribution >= 4 is 22.6 Å². The molecule has 4 nitrogen and oxygen atoms in total. The third kappa shape index (κ3) is 4.10. The molecule has 0 spiro atoms. The Balaban J connectivity index is 2.31. The van der Waals surface area contributed by atoms with Crippen LogP contribution in [0, 0.1) is 20.8 Å². The van der Waals surface area contributed by atoms with Gasteiger partial charge < -0.3 is 4.74 Å². The lowest BCUT2D eigenvalue weighted by molar-refractivity contribution is 0.0467. The van der Waals surface area contributed by atoms with E-state index in [2.05, 4.69) is 0 Å². The first-order valence-electron chi connectivity index (χ1n) is 8.53. The smallest absolute Gasteiger partial charge is 0.339 e. The fraction of sp³-hybridized carbons (Fsp3) is 0.333. The normalized spacial score (nSPS) is 11.9. The molecular formula is C21H24O4S. The van der Waals surface area contributed by atoms with E-state index < -0.39 is 16.8 Å². The standard InChI is InChI=1S/C21H24O4S/c1-6-26(24)19-10-8-7-9-17(19)21(23)25-12-18-13(2)11-14(3)20(15(18)4)16(5)22/h7-11H,6,12H2,1-5H3. The fourth-order valence-corrected chi connectivity index (χ4v) is 4.13. The number of carbonyl (C=O) groups excluding carboxylic acids is 2. The van der Waals surface area contributed by atoms with Crippen LogP contribution in [0.4, 0.5) is 0 Å². The number of benzene rings is 2. The molecule has 2 rings (SSSR count). The van der Waals surface area contributed by atoms with E-state index in [9.17, 15) is 13.8 Å². The highest BCUT2D eigenvalue weighted by molar-refractivity contribution is 7.85. The van der Waals surface area contributed by atoms with E-state index in [1.807, 2.05) is 26.8 Å². The molecule has 0 fully saturated rings. The average Bonchev–Trinajstić information content (AvgIpc) is 2.59. The highest BCUT2D eigenvalue weighted by Crippen LogP contribution is 2.24. The third-order valence-electron chi connectivity index (χ3n) is 4.45. The summed E-state index contributed by atoms with van der Waals surface area (Å²) in [6.45, 7) is 9.14. The summed E-state index contributed by atoms with van der Waals surface area (Å²) >= 11 is 0. The van der Waals surface area contributed by atoms with Gasteiger partial charge in [0.25, 0.3) is 0 Å². The summed E-state index contributed by atoms with van der Waals surface area (Å²) in [4.78, 5) is 25.0. The molecule has 1 unspecified atom stereocenters. The number of carbonyl (C=O) groups is 2. The van der Waals surface area contributed by atoms with Crippen LogP contribution in [-0.4, -0.2) is 21.7 Å². The minimum Gasteiger partial charge on any atom is -0.457 e. The highest BCUT2D eigenvalue weighted by atomic mass is 32.2. The lowest BCUT2D eigenvalue weighted by Gasteiger charge is -2.16. The van der Waals surface area contributed by atoms with Gasteiger partial charge in [-0.05, 0) is 62.1 Å². The Labute approximate surface area is 157 Å². The van der Waals surface area contributed by atoms with E-state index in [1.54, 1.807) is 31.2 Å². The van der Waals surface area contributed by atoms with Crippen LogP contribution in [0.15, 0.2) is 35.2 Å². The summed E-state index contributed by atoms with van der Waals surface area (Å²) in [6.07, 6.45) is 0. The van der Waals surface area contributed by atoms with Gasteiger partial charge >= 0.3 is 5.97 Å². The zero-order valence-corrected chi connectivity index (χ0v) is 16.7. The van der Waals surface area contributed by atoms with Crippen molar-refractivity contribution in [3.63, 3.8) is 0 Å². The monoisotopic (exact) mass is 372 g/mol. The minimum atomic E-state index is -1.24. The van der Waals surface area contributed by atoms with Gasteiger partial charge in [0.05, 0.1) is 21.3 Å². The van der Waals surface area contributed by atoms with E-state index in [4.69, 9.17) is 4.74 Å². The minimum absolute atomic E-state index is 0.00346. The Kier molecular flexibility index (Phi) is 6.48. The van der Waals surface area contributed by atoms with Gasteiger partial charge in [-0.2, -0.15) is 0 Å². The van der Waals surface area contributed by atoms with E-state index >= 15 is 0 Å². The van der Waals surface area contributed by atoms with E-state index in [-0.39, 0.29) is 12.4 Å². The largest absolute Gasteiger partial charge is 0.457 e. The second-order valence-corrected chi connectivity index (χ2v) is 7.96. The summed E-state index contributed by atoms with van der Waals surface area (Å²) in [5.74, 6) is -0.0787. The van der Waals surface area contributed by atoms with Crippen molar-refractivity contribution in [1.82, 2.24) is 0 Å². The maximum absolute atomic E-state index is 12.5. The second kappa shape index (κ2) is 8.41. The molecular weight excluding hydrogens is 348 g/mol. The molecule has 5 heteroatoms. The van der Waals surface area contributed by atoms with Crippen molar-refractivity contribution in [2.75, 3.05) is 5.75 Å². The molecule has 2 aromatic carbocycles. The van der Waals surface area contributed by atoms with E-state index in [0.717, 1.165) is 22.3 Å². The van der Waals surface area contributed by atoms with Gasteiger partial charge in [0.1, 0.15) is 6.61 Å². The van der Waals surface area contributed by atoms with E-state index in [1.165, 1.54) is 6.92 Å². The van der Waals surface area contributed by atoms with Crippen LogP contribution < -0.4 is 0 Å². The van der Waals surface area contributed by atoms with Gasteiger partial charge in [-0.25, -0.2) is 4.79 Å². The molecule has 138 valence electrons. The van der Waals surface area contributed by atoms with Crippen molar-refractivity contribution in [2.45, 2.75) is 46.1 Å². The summed E-state index contributed by atoms with van der Waals surface area (Å²) < 4.78 is 17.6. The molecule has 0 radical (unpaired) electrons. The van der Waals surface area contributed by atoms with Crippen LogP contribution in [0.2, 0.25) is 0 Å². The van der Waals surface area contributed by atoms with Crippen LogP contribution >= 0.6 is 0 Å². The molecule has 0 aliphatic carbocycles. The van der Waals surface area contributed by atoms with Crippen molar-refractivity contribution in [3.05, 3.63) is 63.7 Å². The zero-order valence-electron chi connectivity index (χ0n) is 15.8. The number of hydrogen-bond acceptors (Lipinski definition) is 4. The Hall–Kier alpha value is -2.27. The zero-order chi connectivity index (χ0) is 19.4. The first-order chi connectivity index (χ1) is 12.3. The lowest BCUT2D eigenvalue weighted by atomic mass is 9.92. The molecule has 0 saturated carbocycles. The first-order valence-corrected chi connectivity index (χ1v) is 9.84. The van der Waals surface area contributed by atoms with Crippen molar-refractivity contribution < 1.29 is 18.5 Å². The fourth-order valence-electron chi connectivity index (χ4n) is 3.20. The highest BCUT2D eigenvalue weighted by Gasteiger charge is 2.19. The molecule has 0 saturated heterocycles. The molecule has 2 aromatic rings.